The standard InChI is InChI=1S/C13H9FN4O2S/c14-8-1-2-9(13(19)20)7(3-8)4-21-12-10-11(16-5-15-10)17-6-18-12/h1-3,5-6H,4H2,(H,19,20)(H,15,16,17,18). The van der Waals surface area contributed by atoms with E-state index in [1.54, 1.807) is 0 Å². The van der Waals surface area contributed by atoms with E-state index in [0.717, 1.165) is 6.07 Å². The molecule has 0 aliphatic rings. The molecule has 0 saturated heterocycles. The number of benzene rings is 1. The Hall–Kier alpha value is -2.48. The summed E-state index contributed by atoms with van der Waals surface area (Å²) in [6.07, 6.45) is 2.89. The van der Waals surface area contributed by atoms with Crippen LogP contribution in [0.1, 0.15) is 15.9 Å². The van der Waals surface area contributed by atoms with Crippen LogP contribution in [0.25, 0.3) is 11.2 Å². The minimum Gasteiger partial charge on any atom is -0.478 e. The Bertz CT molecular complexity index is 821. The molecular formula is C13H9FN4O2S. The molecule has 0 aliphatic carbocycles. The number of hydrogen-bond donors (Lipinski definition) is 2. The van der Waals surface area contributed by atoms with Gasteiger partial charge in [0.05, 0.1) is 11.9 Å². The van der Waals surface area contributed by atoms with Crippen LogP contribution in [0.5, 0.6) is 0 Å². The van der Waals surface area contributed by atoms with Crippen LogP contribution >= 0.6 is 11.8 Å². The van der Waals surface area contributed by atoms with E-state index in [0.29, 0.717) is 21.8 Å². The van der Waals surface area contributed by atoms with E-state index in [1.807, 2.05) is 0 Å². The zero-order valence-electron chi connectivity index (χ0n) is 10.6. The topological polar surface area (TPSA) is 91.8 Å². The SMILES string of the molecule is O=C(O)c1ccc(F)cc1CSc1ncnc2nc[nH]c12. The van der Waals surface area contributed by atoms with Crippen LogP contribution in [0.4, 0.5) is 4.39 Å². The van der Waals surface area contributed by atoms with Crippen molar-refractivity contribution in [2.45, 2.75) is 10.8 Å². The van der Waals surface area contributed by atoms with E-state index in [9.17, 15) is 9.18 Å². The normalized spacial score (nSPS) is 10.9. The fourth-order valence-electron chi connectivity index (χ4n) is 1.89. The lowest BCUT2D eigenvalue weighted by Crippen LogP contribution is -2.02. The molecule has 0 unspecified atom stereocenters. The molecule has 0 fully saturated rings. The maximum atomic E-state index is 13.3. The number of H-pyrrole nitrogens is 1. The average Bonchev–Trinajstić information content (AvgIpc) is 2.93. The molecule has 1 aromatic carbocycles. The molecule has 0 radical (unpaired) electrons. The summed E-state index contributed by atoms with van der Waals surface area (Å²) < 4.78 is 13.3. The number of nitrogens with one attached hydrogen (secondary N) is 1. The van der Waals surface area contributed by atoms with Crippen molar-refractivity contribution in [1.82, 2.24) is 19.9 Å². The quantitative estimate of drug-likeness (QED) is 0.568. The van der Waals surface area contributed by atoms with Crippen LogP contribution in [0.15, 0.2) is 35.9 Å². The van der Waals surface area contributed by atoms with Gasteiger partial charge in [0.25, 0.3) is 0 Å². The number of aromatic amines is 1. The second kappa shape index (κ2) is 5.49. The number of hydrogen-bond acceptors (Lipinski definition) is 5. The third-order valence-electron chi connectivity index (χ3n) is 2.85. The Balaban J connectivity index is 1.90. The molecule has 8 heteroatoms. The Kier molecular flexibility index (Phi) is 3.53. The Labute approximate surface area is 122 Å². The van der Waals surface area contributed by atoms with E-state index < -0.39 is 11.8 Å². The van der Waals surface area contributed by atoms with Gasteiger partial charge in [-0.2, -0.15) is 0 Å². The number of carbonyl (C=O) groups is 1. The fourth-order valence-corrected chi connectivity index (χ4v) is 2.84. The van der Waals surface area contributed by atoms with Crippen LogP contribution in [0.3, 0.4) is 0 Å². The lowest BCUT2D eigenvalue weighted by molar-refractivity contribution is 0.0696. The highest BCUT2D eigenvalue weighted by molar-refractivity contribution is 7.98. The zero-order chi connectivity index (χ0) is 14.8. The second-order valence-corrected chi connectivity index (χ2v) is 5.14. The first-order chi connectivity index (χ1) is 10.1. The van der Waals surface area contributed by atoms with Crippen molar-refractivity contribution in [3.8, 4) is 0 Å². The van der Waals surface area contributed by atoms with E-state index in [-0.39, 0.29) is 11.3 Å². The Morgan fingerprint density at radius 3 is 3.00 bits per heavy atom. The first kappa shape index (κ1) is 13.5. The van der Waals surface area contributed by atoms with Gasteiger partial charge in [0.15, 0.2) is 5.65 Å². The predicted molar refractivity (Wildman–Crippen MR) is 74.6 cm³/mol. The molecule has 6 nitrogen and oxygen atoms in total. The molecule has 2 heterocycles. The van der Waals surface area contributed by atoms with Crippen LogP contribution in [-0.2, 0) is 5.75 Å². The number of aromatic carboxylic acids is 1. The third-order valence-corrected chi connectivity index (χ3v) is 3.89. The van der Waals surface area contributed by atoms with Gasteiger partial charge in [-0.3, -0.25) is 0 Å². The molecule has 3 rings (SSSR count). The van der Waals surface area contributed by atoms with Gasteiger partial charge in [0, 0.05) is 5.75 Å². The van der Waals surface area contributed by atoms with Crippen molar-refractivity contribution in [2.75, 3.05) is 0 Å². The van der Waals surface area contributed by atoms with Gasteiger partial charge in [-0.25, -0.2) is 24.1 Å². The maximum Gasteiger partial charge on any atom is 0.335 e. The number of fused-ring (bicyclic) bond motifs is 1. The number of imidazole rings is 1. The van der Waals surface area contributed by atoms with Crippen LogP contribution in [0.2, 0.25) is 0 Å². The molecule has 0 aliphatic heterocycles. The molecule has 3 aromatic rings. The van der Waals surface area contributed by atoms with Gasteiger partial charge in [0.2, 0.25) is 0 Å². The molecule has 2 N–H and O–H groups in total. The van der Waals surface area contributed by atoms with Crippen molar-refractivity contribution >= 4 is 28.9 Å². The van der Waals surface area contributed by atoms with Gasteiger partial charge in [-0.05, 0) is 23.8 Å². The summed E-state index contributed by atoms with van der Waals surface area (Å²) in [5.74, 6) is -1.27. The number of thioether (sulfide) groups is 1. The highest BCUT2D eigenvalue weighted by Crippen LogP contribution is 2.27. The van der Waals surface area contributed by atoms with Crippen molar-refractivity contribution in [2.24, 2.45) is 0 Å². The lowest BCUT2D eigenvalue weighted by Gasteiger charge is -2.06. The Morgan fingerprint density at radius 2 is 2.19 bits per heavy atom. The average molecular weight is 304 g/mol. The van der Waals surface area contributed by atoms with Crippen molar-refractivity contribution in [3.63, 3.8) is 0 Å². The molecule has 0 bridgehead atoms. The van der Waals surface area contributed by atoms with Gasteiger partial charge >= 0.3 is 5.97 Å². The van der Waals surface area contributed by atoms with Gasteiger partial charge in [0.1, 0.15) is 22.7 Å². The Morgan fingerprint density at radius 1 is 1.33 bits per heavy atom. The summed E-state index contributed by atoms with van der Waals surface area (Å²) in [6.45, 7) is 0. The number of carboxylic acid groups (broad SMARTS) is 1. The van der Waals surface area contributed by atoms with Crippen LogP contribution in [-0.4, -0.2) is 31.0 Å². The molecule has 21 heavy (non-hydrogen) atoms. The zero-order valence-corrected chi connectivity index (χ0v) is 11.4. The summed E-state index contributed by atoms with van der Waals surface area (Å²) in [5.41, 5.74) is 1.69. The number of nitrogens with zero attached hydrogens (tertiary/aromatic N) is 3. The van der Waals surface area contributed by atoms with Crippen LogP contribution < -0.4 is 0 Å². The number of carboxylic acids is 1. The highest BCUT2D eigenvalue weighted by Gasteiger charge is 2.13. The van der Waals surface area contributed by atoms with Crippen molar-refractivity contribution < 1.29 is 14.3 Å². The summed E-state index contributed by atoms with van der Waals surface area (Å²) in [5, 5.41) is 9.76. The van der Waals surface area contributed by atoms with E-state index in [4.69, 9.17) is 5.11 Å². The summed E-state index contributed by atoms with van der Waals surface area (Å²) in [6, 6.07) is 3.62. The number of rotatable bonds is 4. The number of halogens is 1. The second-order valence-electron chi connectivity index (χ2n) is 4.18. The van der Waals surface area contributed by atoms with Crippen molar-refractivity contribution in [3.05, 3.63) is 47.8 Å². The van der Waals surface area contributed by atoms with Gasteiger partial charge < -0.3 is 10.1 Å². The van der Waals surface area contributed by atoms with Crippen LogP contribution in [0, 0.1) is 5.82 Å². The molecular weight excluding hydrogens is 295 g/mol. The maximum absolute atomic E-state index is 13.3. The predicted octanol–water partition coefficient (Wildman–Crippen LogP) is 2.48. The monoisotopic (exact) mass is 304 g/mol. The molecule has 0 atom stereocenters. The minimum atomic E-state index is -1.08. The van der Waals surface area contributed by atoms with Crippen molar-refractivity contribution in [1.29, 1.82) is 0 Å². The third kappa shape index (κ3) is 2.70. The number of aromatic nitrogens is 4. The van der Waals surface area contributed by atoms with Gasteiger partial charge in [-0.15, -0.1) is 0 Å². The molecule has 0 amide bonds. The molecule has 0 saturated carbocycles. The lowest BCUT2D eigenvalue weighted by atomic mass is 10.1. The fraction of sp³-hybridized carbons (Fsp3) is 0.0769. The smallest absolute Gasteiger partial charge is 0.335 e. The molecule has 2 aromatic heterocycles. The molecule has 0 spiro atoms. The summed E-state index contributed by atoms with van der Waals surface area (Å²) >= 11 is 1.30. The summed E-state index contributed by atoms with van der Waals surface area (Å²) in [7, 11) is 0. The molecule has 106 valence electrons. The van der Waals surface area contributed by atoms with Gasteiger partial charge in [-0.1, -0.05) is 11.8 Å². The highest BCUT2D eigenvalue weighted by atomic mass is 32.2. The minimum absolute atomic E-state index is 0.0822. The summed E-state index contributed by atoms with van der Waals surface area (Å²) in [4.78, 5) is 26.2. The van der Waals surface area contributed by atoms with E-state index in [1.165, 1.54) is 36.5 Å². The van der Waals surface area contributed by atoms with E-state index in [2.05, 4.69) is 19.9 Å². The van der Waals surface area contributed by atoms with E-state index >= 15 is 0 Å². The first-order valence-corrected chi connectivity index (χ1v) is 6.92. The largest absolute Gasteiger partial charge is 0.478 e. The first-order valence-electron chi connectivity index (χ1n) is 5.94.